The fraction of sp³-hybridized carbons (Fsp3) is 0.733. The molecule has 0 N–H and O–H groups in total. The van der Waals surface area contributed by atoms with Gasteiger partial charge in [-0.2, -0.15) is 0 Å². The van der Waals surface area contributed by atoms with Gasteiger partial charge in [0, 0.05) is 37.5 Å². The van der Waals surface area contributed by atoms with E-state index in [0.29, 0.717) is 29.8 Å². The normalized spacial score (nSPS) is 26.4. The number of allylic oxidation sites excluding steroid dienone is 1. The number of rotatable bonds is 22. The van der Waals surface area contributed by atoms with Crippen LogP contribution in [0.5, 0.6) is 11.5 Å². The summed E-state index contributed by atoms with van der Waals surface area (Å²) < 4.78 is 43.3. The highest BCUT2D eigenvalue weighted by molar-refractivity contribution is 6.74. The number of carbonyl (C=O) groups is 2. The number of Topliss-reactive ketones (excluding diaryl/α,β-unsaturated/α-hetero) is 2. The Morgan fingerprint density at radius 3 is 1.90 bits per heavy atom. The van der Waals surface area contributed by atoms with E-state index in [9.17, 15) is 9.59 Å². The van der Waals surface area contributed by atoms with E-state index in [-0.39, 0.29) is 47.8 Å². The summed E-state index contributed by atoms with van der Waals surface area (Å²) >= 11 is 0. The molecule has 1 saturated carbocycles. The highest BCUT2D eigenvalue weighted by Gasteiger charge is 2.48. The van der Waals surface area contributed by atoms with Crippen LogP contribution in [0.15, 0.2) is 47.5 Å². The minimum atomic E-state index is -2.12. The summed E-state index contributed by atoms with van der Waals surface area (Å²) in [5.74, 6) is 4.00. The molecule has 0 spiro atoms. The van der Waals surface area contributed by atoms with Crippen LogP contribution in [0.1, 0.15) is 191 Å². The Balaban J connectivity index is 0.000000212. The fourth-order valence-corrected chi connectivity index (χ4v) is 13.5. The lowest BCUT2D eigenvalue weighted by atomic mass is 9.73. The van der Waals surface area contributed by atoms with Gasteiger partial charge in [-0.25, -0.2) is 0 Å². The first-order chi connectivity index (χ1) is 33.7. The molecule has 0 bridgehead atoms. The van der Waals surface area contributed by atoms with Crippen LogP contribution in [0.3, 0.4) is 0 Å². The van der Waals surface area contributed by atoms with Gasteiger partial charge in [-0.1, -0.05) is 97.4 Å². The summed E-state index contributed by atoms with van der Waals surface area (Å²) in [6, 6.07) is 12.7. The highest BCUT2D eigenvalue weighted by atomic mass is 28.4. The lowest BCUT2D eigenvalue weighted by Gasteiger charge is -2.43. The predicted molar refractivity (Wildman–Crippen MR) is 282 cm³/mol. The van der Waals surface area contributed by atoms with E-state index in [2.05, 4.69) is 78.0 Å². The summed E-state index contributed by atoms with van der Waals surface area (Å²) in [5, 5.41) is 0.0700. The minimum absolute atomic E-state index is 0.0403. The van der Waals surface area contributed by atoms with Gasteiger partial charge in [0.2, 0.25) is 0 Å². The first kappa shape index (κ1) is 54.9. The molecule has 2 heterocycles. The van der Waals surface area contributed by atoms with Crippen molar-refractivity contribution in [2.45, 2.75) is 231 Å². The highest BCUT2D eigenvalue weighted by Crippen LogP contribution is 2.53. The molecule has 9 nitrogen and oxygen atoms in total. The third kappa shape index (κ3) is 13.8. The summed E-state index contributed by atoms with van der Waals surface area (Å²) in [6.07, 6.45) is 23.7. The average molecular weight is 985 g/mol. The molecule has 10 heteroatoms. The smallest absolute Gasteiger partial charge is 0.193 e. The molecule has 2 aromatic carbocycles. The zero-order chi connectivity index (χ0) is 49.8. The number of ketones is 2. The van der Waals surface area contributed by atoms with Crippen molar-refractivity contribution in [3.63, 3.8) is 0 Å². The van der Waals surface area contributed by atoms with Crippen molar-refractivity contribution >= 4 is 19.9 Å². The Hall–Kier alpha value is -2.86. The number of ether oxygens (including phenoxy) is 6. The minimum Gasteiger partial charge on any atom is -0.496 e. The molecule has 3 fully saturated rings. The molecule has 0 aromatic heterocycles. The van der Waals surface area contributed by atoms with Gasteiger partial charge in [0.1, 0.15) is 17.3 Å². The Morgan fingerprint density at radius 1 is 0.700 bits per heavy atom. The Morgan fingerprint density at radius 2 is 1.31 bits per heavy atom. The molecular weight excluding hydrogens is 893 g/mol. The van der Waals surface area contributed by atoms with E-state index in [1.54, 1.807) is 14.2 Å². The maximum Gasteiger partial charge on any atom is 0.193 e. The first-order valence-electron chi connectivity index (χ1n) is 28.1. The average Bonchev–Trinajstić information content (AvgIpc) is 3.84. The molecule has 2 saturated heterocycles. The summed E-state index contributed by atoms with van der Waals surface area (Å²) in [5.41, 5.74) is 7.35. The summed E-state index contributed by atoms with van der Waals surface area (Å²) in [7, 11) is 1.37. The predicted octanol–water partition coefficient (Wildman–Crippen LogP) is 14.4. The van der Waals surface area contributed by atoms with E-state index in [0.717, 1.165) is 133 Å². The standard InChI is InChI=1S/C33H52O5Si.C27H40O4/c1-8-9-10-14-24(37-30-17-11-12-20-36-30)18-19-26-28(34)22-23-21-27-25(15-13-16-29(27)35-5)32(31(23)26)38-39(6,7)33(2,3)4;1-3-4-5-10-21(31-27-12-6-7-15-30-27)13-14-22-23-16-19-9-8-11-26(29-2)24(19)17-20(23)18-25(22)28/h13,15-16,23-24,30,32H,8-12,14,17-22H2,1-7H3;8-9,11,20-23,27H,3-7,10,12-18H2,1-2H3/t23-,24-,30?,32+;20-,21-,22?,23-,27?/m00/s1. The van der Waals surface area contributed by atoms with Gasteiger partial charge in [0.05, 0.1) is 32.5 Å². The zero-order valence-electron chi connectivity index (χ0n) is 45.0. The Kier molecular flexibility index (Phi) is 20.3. The SMILES string of the molecule is CCCCC[C@@H](CCC1=C2[C@H](CC1=O)Cc1c(OC)cccc1[C@H]2O[Si](C)(C)C(C)(C)C)OC1CCCCO1.CCCCC[C@@H](CCC1C(=O)C[C@@H]2Cc3c(cccc3OC)C[C@H]12)OC1CCCCO1. The maximum atomic E-state index is 13.6. The molecule has 0 amide bonds. The van der Waals surface area contributed by atoms with Gasteiger partial charge >= 0.3 is 0 Å². The van der Waals surface area contributed by atoms with Crippen LogP contribution >= 0.6 is 0 Å². The van der Waals surface area contributed by atoms with Crippen LogP contribution in [-0.4, -0.2) is 72.1 Å². The van der Waals surface area contributed by atoms with Crippen molar-refractivity contribution in [2.75, 3.05) is 27.4 Å². The van der Waals surface area contributed by atoms with E-state index in [4.69, 9.17) is 32.8 Å². The topological polar surface area (TPSA) is 98.8 Å². The van der Waals surface area contributed by atoms with Crippen molar-refractivity contribution in [1.82, 2.24) is 0 Å². The molecule has 0 radical (unpaired) electrons. The van der Waals surface area contributed by atoms with Crippen LogP contribution in [0.25, 0.3) is 0 Å². The second kappa shape index (κ2) is 25.9. The monoisotopic (exact) mass is 985 g/mol. The number of hydrogen-bond acceptors (Lipinski definition) is 9. The van der Waals surface area contributed by atoms with Crippen molar-refractivity contribution in [3.8, 4) is 11.5 Å². The second-order valence-corrected chi connectivity index (χ2v) is 27.9. The van der Waals surface area contributed by atoms with Crippen molar-refractivity contribution in [2.24, 2.45) is 23.7 Å². The number of hydrogen-bond donors (Lipinski definition) is 0. The quantitative estimate of drug-likeness (QED) is 0.0843. The van der Waals surface area contributed by atoms with E-state index in [1.165, 1.54) is 66.4 Å². The van der Waals surface area contributed by atoms with E-state index >= 15 is 0 Å². The summed E-state index contributed by atoms with van der Waals surface area (Å²) in [6.45, 7) is 17.6. The largest absolute Gasteiger partial charge is 0.496 e. The molecule has 8 rings (SSSR count). The van der Waals surface area contributed by atoms with Gasteiger partial charge < -0.3 is 32.8 Å². The Labute approximate surface area is 424 Å². The van der Waals surface area contributed by atoms with E-state index < -0.39 is 8.32 Å². The first-order valence-corrected chi connectivity index (χ1v) is 31.0. The molecule has 2 aliphatic heterocycles. The van der Waals surface area contributed by atoms with Gasteiger partial charge in [0.15, 0.2) is 26.7 Å². The third-order valence-corrected chi connectivity index (χ3v) is 21.7. The molecule has 70 heavy (non-hydrogen) atoms. The van der Waals surface area contributed by atoms with Crippen molar-refractivity contribution in [1.29, 1.82) is 0 Å². The molecule has 9 atom stereocenters. The van der Waals surface area contributed by atoms with Crippen LogP contribution in [0.4, 0.5) is 0 Å². The number of benzene rings is 2. The van der Waals surface area contributed by atoms with Crippen LogP contribution in [-0.2, 0) is 52.2 Å². The van der Waals surface area contributed by atoms with Gasteiger partial charge in [0.25, 0.3) is 0 Å². The molecule has 2 aromatic rings. The fourth-order valence-electron chi connectivity index (χ4n) is 12.3. The van der Waals surface area contributed by atoms with Gasteiger partial charge in [-0.05, 0) is 172 Å². The molecule has 4 aliphatic carbocycles. The van der Waals surface area contributed by atoms with Crippen LogP contribution in [0, 0.1) is 23.7 Å². The lowest BCUT2D eigenvalue weighted by molar-refractivity contribution is -0.191. The molecule has 390 valence electrons. The number of unbranched alkanes of at least 4 members (excludes halogenated alkanes) is 4. The number of carbonyl (C=O) groups excluding carboxylic acids is 2. The maximum absolute atomic E-state index is 13.6. The second-order valence-electron chi connectivity index (χ2n) is 23.2. The molecular formula is C60H92O9Si. The lowest BCUT2D eigenvalue weighted by Crippen LogP contribution is -2.43. The molecule has 3 unspecified atom stereocenters. The van der Waals surface area contributed by atoms with Gasteiger partial charge in [-0.3, -0.25) is 9.59 Å². The van der Waals surface area contributed by atoms with E-state index in [1.807, 2.05) is 6.07 Å². The number of methoxy groups -OCH3 is 2. The Bertz CT molecular complexity index is 2030. The van der Waals surface area contributed by atoms with Crippen LogP contribution in [0.2, 0.25) is 18.1 Å². The van der Waals surface area contributed by atoms with Crippen LogP contribution < -0.4 is 9.47 Å². The molecule has 6 aliphatic rings. The number of fused-ring (bicyclic) bond motifs is 4. The third-order valence-electron chi connectivity index (χ3n) is 17.3. The zero-order valence-corrected chi connectivity index (χ0v) is 46.0. The van der Waals surface area contributed by atoms with Crippen molar-refractivity contribution in [3.05, 3.63) is 69.8 Å². The summed E-state index contributed by atoms with van der Waals surface area (Å²) in [4.78, 5) is 26.6. The van der Waals surface area contributed by atoms with Gasteiger partial charge in [-0.15, -0.1) is 0 Å². The van der Waals surface area contributed by atoms with Crippen molar-refractivity contribution < 1.29 is 42.4 Å².